The molecule has 28 nitrogen and oxygen atoms in total. The van der Waals surface area contributed by atoms with Crippen LogP contribution in [0.1, 0.15) is 185 Å². The van der Waals surface area contributed by atoms with Gasteiger partial charge >= 0.3 is 47.5 Å². The van der Waals surface area contributed by atoms with Crippen LogP contribution in [0.25, 0.3) is 0 Å². The molecule has 0 aromatic carbocycles. The molecule has 1 saturated carbocycles. The average Bonchev–Trinajstić information content (AvgIpc) is 1.57. The Morgan fingerprint density at radius 3 is 1.53 bits per heavy atom. The second kappa shape index (κ2) is 47.1. The number of unbranched alkanes of at least 4 members (excludes halogenated alkanes) is 1. The number of carbonyl (C=O) groups excluding carboxylic acids is 8. The van der Waals surface area contributed by atoms with Gasteiger partial charge in [0, 0.05) is 70.2 Å². The largest absolute Gasteiger partial charge is 0.476 e. The Hall–Kier alpha value is -9.52. The summed E-state index contributed by atoms with van der Waals surface area (Å²) < 4.78 is 44.6. The van der Waals surface area contributed by atoms with Gasteiger partial charge in [-0.3, -0.25) is 10.0 Å². The van der Waals surface area contributed by atoms with Gasteiger partial charge in [0.1, 0.15) is 51.4 Å². The van der Waals surface area contributed by atoms with E-state index in [9.17, 15) is 43.6 Å². The van der Waals surface area contributed by atoms with Gasteiger partial charge in [-0.25, -0.2) is 63.5 Å². The number of nitrogens with zero attached hydrogens (tertiary/aromatic N) is 8. The number of aliphatic hydroxyl groups is 1. The van der Waals surface area contributed by atoms with Crippen molar-refractivity contribution < 1.29 is 96.0 Å². The SMILES string of the molecule is CC(C)OC(=O)c1ccc2c(n1)OCCN(C(=O)C1CCCCC1)C2.CC(C)OC(=O)c1ccc2c(n1)OCCNC2.COC(=O)c1ccc(C)c(Cl)n1.COC(=O)c1ccc(C)c[n+]1O.COC(=O)c1ccc(C)cn1.COC(=O)c1ccc(CBr)c(Cl)n1.COC(=O)c1ccc(CCCCO)c(Cl)n1. The van der Waals surface area contributed by atoms with Crippen molar-refractivity contribution in [3.8, 4) is 11.8 Å². The van der Waals surface area contributed by atoms with Crippen LogP contribution >= 0.6 is 50.7 Å². The van der Waals surface area contributed by atoms with Gasteiger partial charge in [0.25, 0.3) is 0 Å². The number of aliphatic hydroxyl groups excluding tert-OH is 1. The van der Waals surface area contributed by atoms with Crippen LogP contribution in [0.4, 0.5) is 0 Å². The number of aryl methyl sites for hydroxylation is 4. The first-order valence-electron chi connectivity index (χ1n) is 33.5. The van der Waals surface area contributed by atoms with Crippen LogP contribution in [0.2, 0.25) is 15.5 Å². The minimum Gasteiger partial charge on any atom is -0.476 e. The number of hydrogen-bond donors (Lipinski definition) is 3. The van der Waals surface area contributed by atoms with Crippen LogP contribution < -0.4 is 19.5 Å². The van der Waals surface area contributed by atoms with Crippen molar-refractivity contribution in [2.75, 3.05) is 68.5 Å². The number of ether oxygens (including phenoxy) is 9. The Balaban J connectivity index is 0.000000267. The van der Waals surface area contributed by atoms with E-state index in [-0.39, 0.29) is 59.1 Å². The molecule has 32 heteroatoms. The van der Waals surface area contributed by atoms with Crippen LogP contribution in [0.15, 0.2) is 97.3 Å². The molecule has 0 atom stereocenters. The Morgan fingerprint density at radius 1 is 0.566 bits per heavy atom. The minimum atomic E-state index is -0.558. The van der Waals surface area contributed by atoms with Gasteiger partial charge in [0.05, 0.1) is 60.8 Å². The van der Waals surface area contributed by atoms with E-state index in [2.05, 4.69) is 74.8 Å². The zero-order valence-corrected chi connectivity index (χ0v) is 65.1. The number of rotatable bonds is 15. The molecule has 0 unspecified atom stereocenters. The van der Waals surface area contributed by atoms with Crippen molar-refractivity contribution in [2.45, 2.75) is 130 Å². The summed E-state index contributed by atoms with van der Waals surface area (Å²) in [6.07, 6.45) is 10.5. The van der Waals surface area contributed by atoms with E-state index in [1.54, 1.807) is 80.7 Å². The summed E-state index contributed by atoms with van der Waals surface area (Å²) in [5.74, 6) is -1.97. The number of methoxy groups -OCH3 is 5. The first-order chi connectivity index (χ1) is 50.6. The molecule has 7 aromatic rings. The molecule has 0 saturated heterocycles. The summed E-state index contributed by atoms with van der Waals surface area (Å²) in [6, 6.07) is 23.6. The maximum absolute atomic E-state index is 12.8. The highest BCUT2D eigenvalue weighted by Crippen LogP contribution is 2.29. The number of pyridine rings is 7. The summed E-state index contributed by atoms with van der Waals surface area (Å²) in [4.78, 5) is 117. The summed E-state index contributed by atoms with van der Waals surface area (Å²) in [6.45, 7) is 16.4. The zero-order valence-electron chi connectivity index (χ0n) is 61.2. The van der Waals surface area contributed by atoms with Gasteiger partial charge in [-0.05, 0) is 152 Å². The second-order valence-electron chi connectivity index (χ2n) is 23.7. The summed E-state index contributed by atoms with van der Waals surface area (Å²) in [5, 5.41) is 22.6. The Kier molecular flexibility index (Phi) is 39.5. The molecule has 9 heterocycles. The third kappa shape index (κ3) is 30.1. The molecule has 7 aromatic heterocycles. The first kappa shape index (κ1) is 88.9. The predicted molar refractivity (Wildman–Crippen MR) is 394 cm³/mol. The van der Waals surface area contributed by atoms with Crippen molar-refractivity contribution in [1.29, 1.82) is 0 Å². The standard InChI is InChI=1S/C19H26N2O4.C12H16N2O3.C11H14ClNO3.C8H7BrClNO2.C8H8ClNO2.C8H10NO3.C8H9NO2/c1-13(2)25-19(23)16-9-8-15-12-21(10-11-24-17(15)20-16)18(22)14-6-4-3-5-7-14;1-8(2)17-12(15)10-4-3-9-7-13-5-6-16-11(9)14-10;1-16-11(15)9-6-5-8(10(12)13-9)4-2-3-7-14;1-13-8(12)6-3-2-5(4-9)7(10)11-6;1-5-3-4-6(8(11)12-2)10-7(5)9;1-6-3-4-7(8(10)12-2)9(11)5-6;1-6-3-4-7(9-5-6)8(10)11-2/h8-9,13-14H,3-7,10-12H2,1-2H3;3-4,8,13H,5-7H2,1-2H3;5-6,14H,2-4,7H2,1H3;2-3H,4H2,1H3;3-4H,1-2H3;3-5,11H,1-2H3;3-5H,1-2H3/q;;;;;+1;. The van der Waals surface area contributed by atoms with E-state index < -0.39 is 41.8 Å². The highest BCUT2D eigenvalue weighted by atomic mass is 79.9. The van der Waals surface area contributed by atoms with Crippen LogP contribution in [-0.2, 0) is 62.8 Å². The number of alkyl halides is 1. The molecule has 0 radical (unpaired) electrons. The van der Waals surface area contributed by atoms with Crippen molar-refractivity contribution >= 4 is 98.4 Å². The molecule has 1 amide bonds. The van der Waals surface area contributed by atoms with Gasteiger partial charge in [-0.2, -0.15) is 0 Å². The van der Waals surface area contributed by atoms with E-state index in [4.69, 9.17) is 58.9 Å². The minimum absolute atomic E-state index is 0.114. The van der Waals surface area contributed by atoms with Crippen molar-refractivity contribution in [1.82, 2.24) is 40.1 Å². The maximum atomic E-state index is 12.8. The van der Waals surface area contributed by atoms with Gasteiger partial charge < -0.3 is 58.0 Å². The number of nitrogens with one attached hydrogen (secondary N) is 1. The van der Waals surface area contributed by atoms with Gasteiger partial charge in [0.15, 0.2) is 11.4 Å². The zero-order chi connectivity index (χ0) is 78.4. The van der Waals surface area contributed by atoms with Crippen molar-refractivity contribution in [2.24, 2.45) is 5.92 Å². The molecule has 1 fully saturated rings. The van der Waals surface area contributed by atoms with E-state index in [0.29, 0.717) is 76.8 Å². The van der Waals surface area contributed by atoms with Crippen LogP contribution in [0.5, 0.6) is 11.8 Å². The third-order valence-corrected chi connectivity index (χ3v) is 16.5. The number of amides is 1. The number of fused-ring (bicyclic) bond motifs is 2. The lowest BCUT2D eigenvalue weighted by atomic mass is 9.88. The molecule has 0 spiro atoms. The fraction of sp³-hybridized carbons (Fsp3) is 0.419. The molecule has 106 heavy (non-hydrogen) atoms. The number of halogens is 4. The lowest BCUT2D eigenvalue weighted by Gasteiger charge is -2.28. The van der Waals surface area contributed by atoms with Crippen LogP contribution in [-0.4, -0.2) is 173 Å². The van der Waals surface area contributed by atoms with E-state index in [1.165, 1.54) is 54.2 Å². The van der Waals surface area contributed by atoms with E-state index >= 15 is 0 Å². The van der Waals surface area contributed by atoms with Gasteiger partial charge in [-0.1, -0.05) is 94.3 Å². The fourth-order valence-corrected chi connectivity index (χ4v) is 10.6. The van der Waals surface area contributed by atoms with E-state index in [0.717, 1.165) is 95.2 Å². The van der Waals surface area contributed by atoms with Gasteiger partial charge in [-0.15, -0.1) is 0 Å². The average molecular weight is 1600 g/mol. The van der Waals surface area contributed by atoms with Crippen LogP contribution in [0, 0.1) is 26.7 Å². The Morgan fingerprint density at radius 2 is 1.04 bits per heavy atom. The van der Waals surface area contributed by atoms with Crippen molar-refractivity contribution in [3.63, 3.8) is 0 Å². The number of aromatic nitrogens is 7. The van der Waals surface area contributed by atoms with Crippen LogP contribution in [0.3, 0.4) is 0 Å². The maximum Gasteiger partial charge on any atom is 0.408 e. The Labute approximate surface area is 639 Å². The molecular weight excluding hydrogens is 1510 g/mol. The number of esters is 7. The predicted octanol–water partition coefficient (Wildman–Crippen LogP) is 11.6. The van der Waals surface area contributed by atoms with Crippen molar-refractivity contribution in [3.05, 3.63) is 192 Å². The third-order valence-electron chi connectivity index (χ3n) is 14.9. The smallest absolute Gasteiger partial charge is 0.408 e. The second-order valence-corrected chi connectivity index (χ2v) is 25.4. The quantitative estimate of drug-likeness (QED) is 0.0163. The number of hydrogen-bond acceptors (Lipinski definition) is 26. The lowest BCUT2D eigenvalue weighted by Crippen LogP contribution is -2.37. The Bertz CT molecular complexity index is 4060. The summed E-state index contributed by atoms with van der Waals surface area (Å²) >= 11 is 20.7. The molecule has 1 aliphatic carbocycles. The molecular formula is C74H90BrCl3N9O19+. The fourth-order valence-electron chi connectivity index (χ4n) is 9.35. The van der Waals surface area contributed by atoms with Gasteiger partial charge in [0.2, 0.25) is 23.9 Å². The van der Waals surface area contributed by atoms with E-state index in [1.807, 2.05) is 57.7 Å². The molecule has 572 valence electrons. The lowest BCUT2D eigenvalue weighted by molar-refractivity contribution is -0.906. The molecule has 2 aliphatic heterocycles. The monoisotopic (exact) mass is 1590 g/mol. The molecule has 0 bridgehead atoms. The molecule has 10 rings (SSSR count). The molecule has 3 aliphatic rings. The highest BCUT2D eigenvalue weighted by molar-refractivity contribution is 9.08. The molecule has 3 N–H and O–H groups in total. The number of carbonyl (C=O) groups is 8. The summed E-state index contributed by atoms with van der Waals surface area (Å²) in [7, 11) is 6.51. The summed E-state index contributed by atoms with van der Waals surface area (Å²) in [5.41, 5.74) is 7.89. The first-order valence-corrected chi connectivity index (χ1v) is 35.7. The normalized spacial score (nSPS) is 12.5. The topological polar surface area (TPSA) is 357 Å². The highest BCUT2D eigenvalue weighted by Gasteiger charge is 2.29.